The van der Waals surface area contributed by atoms with E-state index >= 15 is 0 Å². The van der Waals surface area contributed by atoms with E-state index in [0.717, 1.165) is 0 Å². The molecule has 0 saturated carbocycles. The van der Waals surface area contributed by atoms with Crippen LogP contribution in [0.5, 0.6) is 0 Å². The number of aromatic nitrogens is 1. The average Bonchev–Trinajstić information content (AvgIpc) is 2.69. The van der Waals surface area contributed by atoms with Gasteiger partial charge in [0, 0.05) is 0 Å². The van der Waals surface area contributed by atoms with Crippen molar-refractivity contribution in [2.45, 2.75) is 41.5 Å². The van der Waals surface area contributed by atoms with Gasteiger partial charge in [-0.1, -0.05) is 41.5 Å². The molecule has 1 rings (SSSR count). The quantitative estimate of drug-likeness (QED) is 0.147. The molecule has 0 fully saturated rings. The molecule has 9 heteroatoms. The van der Waals surface area contributed by atoms with E-state index in [1.54, 1.807) is 0 Å². The van der Waals surface area contributed by atoms with Crippen LogP contribution in [-0.4, -0.2) is 42.0 Å². The van der Waals surface area contributed by atoms with Crippen LogP contribution in [0.25, 0.3) is 0 Å². The zero-order valence-electron chi connectivity index (χ0n) is 16.3. The minimum atomic E-state index is -1.92. The van der Waals surface area contributed by atoms with E-state index in [0.29, 0.717) is 15.8 Å². The Bertz CT molecular complexity index is 384. The van der Waals surface area contributed by atoms with E-state index in [4.69, 9.17) is 3.61 Å². The third-order valence-electron chi connectivity index (χ3n) is 3.50. The molecule has 1 nitrogen and oxygen atoms in total. The second-order valence-corrected chi connectivity index (χ2v) is 11.2. The normalized spacial score (nSPS) is 9.65. The van der Waals surface area contributed by atoms with Gasteiger partial charge in [0.25, 0.3) is 0 Å². The topological polar surface area (TPSA) is 12.9 Å². The fraction of sp³-hybridized carbons (Fsp3) is 0.706. The monoisotopic (exact) mass is 463 g/mol. The van der Waals surface area contributed by atoms with Crippen molar-refractivity contribution in [2.75, 3.05) is 37.0 Å². The Hall–Kier alpha value is 0.154. The van der Waals surface area contributed by atoms with Crippen molar-refractivity contribution >= 4 is 15.8 Å². The molecule has 159 valence electrons. The van der Waals surface area contributed by atoms with Crippen LogP contribution in [0.4, 0.5) is 21.2 Å². The number of nitrogens with zero attached hydrogens (tertiary/aromatic N) is 1. The van der Waals surface area contributed by atoms with Crippen molar-refractivity contribution in [1.82, 2.24) is 4.98 Å². The van der Waals surface area contributed by atoms with Crippen molar-refractivity contribution in [3.05, 3.63) is 29.6 Å². The third kappa shape index (κ3) is 15.2. The molecule has 0 spiro atoms. The number of hydrogen-bond donors (Lipinski definition) is 0. The second-order valence-electron chi connectivity index (χ2n) is 4.70. The van der Waals surface area contributed by atoms with Gasteiger partial charge in [0.2, 0.25) is 0 Å². The molecular formula is C17H30F5NNiP2-. The van der Waals surface area contributed by atoms with Crippen LogP contribution in [0.15, 0.2) is 0 Å². The molecule has 26 heavy (non-hydrogen) atoms. The Morgan fingerprint density at radius 3 is 1.19 bits per heavy atom. The van der Waals surface area contributed by atoms with Gasteiger partial charge >= 0.3 is 19.5 Å². The predicted octanol–water partition coefficient (Wildman–Crippen LogP) is 6.91. The van der Waals surface area contributed by atoms with Crippen molar-refractivity contribution in [3.8, 4) is 0 Å². The Kier molecular flexibility index (Phi) is 25.5. The van der Waals surface area contributed by atoms with Gasteiger partial charge in [0.1, 0.15) is 11.8 Å². The van der Waals surface area contributed by atoms with Crippen molar-refractivity contribution in [1.29, 1.82) is 0 Å². The van der Waals surface area contributed by atoms with Gasteiger partial charge in [-0.25, -0.2) is 8.78 Å². The summed E-state index contributed by atoms with van der Waals surface area (Å²) < 4.78 is 56.7. The first-order valence-electron chi connectivity index (χ1n) is 8.46. The zero-order chi connectivity index (χ0) is 21.1. The molecule has 0 saturated heterocycles. The predicted molar refractivity (Wildman–Crippen MR) is 101 cm³/mol. The molecule has 1 aromatic rings. The van der Waals surface area contributed by atoms with Gasteiger partial charge in [-0.2, -0.15) is 0 Å². The molecule has 0 atom stereocenters. The molecule has 0 aliphatic rings. The van der Waals surface area contributed by atoms with E-state index in [-0.39, 0.29) is 0 Å². The molecule has 1 heterocycles. The van der Waals surface area contributed by atoms with Gasteiger partial charge in [-0.05, 0) is 43.2 Å². The average molecular weight is 464 g/mol. The van der Waals surface area contributed by atoms with E-state index < -0.39 is 23.4 Å². The van der Waals surface area contributed by atoms with Crippen LogP contribution in [0.3, 0.4) is 0 Å². The third-order valence-corrected chi connectivity index (χ3v) is 8.87. The summed E-state index contributed by atoms with van der Waals surface area (Å²) in [5.41, 5.74) is 0. The number of rotatable bonds is 6. The van der Waals surface area contributed by atoms with Crippen molar-refractivity contribution in [3.63, 3.8) is 0 Å². The molecule has 0 amide bonds. The van der Waals surface area contributed by atoms with E-state index in [9.17, 15) is 17.6 Å². The van der Waals surface area contributed by atoms with E-state index in [1.165, 1.54) is 43.2 Å². The van der Waals surface area contributed by atoms with Gasteiger partial charge < -0.3 is 4.98 Å². The fourth-order valence-corrected chi connectivity index (χ4v) is 4.41. The summed E-state index contributed by atoms with van der Waals surface area (Å²) >= 11 is 2.38. The van der Waals surface area contributed by atoms with Gasteiger partial charge in [-0.15, -0.1) is 15.8 Å². The first kappa shape index (κ1) is 30.9. The van der Waals surface area contributed by atoms with Crippen molar-refractivity contribution in [2.24, 2.45) is 0 Å². The second kappa shape index (κ2) is 21.5. The number of pyridine rings is 1. The molecule has 0 radical (unpaired) electrons. The van der Waals surface area contributed by atoms with Crippen LogP contribution in [-0.2, 0) is 15.9 Å². The first-order valence-corrected chi connectivity index (χ1v) is 12.6. The summed E-state index contributed by atoms with van der Waals surface area (Å²) in [6.45, 7) is 13.7. The summed E-state index contributed by atoms with van der Waals surface area (Å²) in [5, 5.41) is 0. The molecular weight excluding hydrogens is 434 g/mol. The summed E-state index contributed by atoms with van der Waals surface area (Å²) in [5.74, 6) is -7.14. The molecule has 0 unspecified atom stereocenters. The standard InChI is InChI=1S/2C6H15P.C5F4N.FH.Ni/c2*1-4-7(5-2)6-3;6-2-1-10-5(9)4(8)3(2)7;;/h2*4-6H2,1-3H3;;1H;/q;;-1;;+1/p-1. The Balaban J connectivity index is -0.000000299. The maximum absolute atomic E-state index is 11.9. The van der Waals surface area contributed by atoms with Gasteiger partial charge in [-0.3, -0.25) is 8.78 Å². The van der Waals surface area contributed by atoms with Crippen LogP contribution < -0.4 is 0 Å². The molecule has 0 aliphatic heterocycles. The molecule has 0 aliphatic carbocycles. The number of halogens is 5. The summed E-state index contributed by atoms with van der Waals surface area (Å²) in [6, 6.07) is 0. The number of hydrogen-bond acceptors (Lipinski definition) is 1. The Morgan fingerprint density at radius 1 is 0.692 bits per heavy atom. The van der Waals surface area contributed by atoms with Crippen LogP contribution in [0.2, 0.25) is 0 Å². The fourth-order valence-electron chi connectivity index (χ4n) is 1.72. The minimum absolute atomic E-state index is 0.446. The Morgan fingerprint density at radius 2 is 1.00 bits per heavy atom. The van der Waals surface area contributed by atoms with Crippen LogP contribution in [0.1, 0.15) is 41.5 Å². The summed E-state index contributed by atoms with van der Waals surface area (Å²) in [4.78, 5) is 2.46. The van der Waals surface area contributed by atoms with Crippen LogP contribution in [0, 0.1) is 29.6 Å². The van der Waals surface area contributed by atoms with E-state index in [1.807, 2.05) is 0 Å². The van der Waals surface area contributed by atoms with Gasteiger partial charge in [0.05, 0.1) is 11.6 Å². The molecule has 0 aromatic carbocycles. The molecule has 0 bridgehead atoms. The van der Waals surface area contributed by atoms with E-state index in [2.05, 4.69) is 62.4 Å². The maximum atomic E-state index is 11.9. The summed E-state index contributed by atoms with van der Waals surface area (Å²) in [7, 11) is 0.892. The Labute approximate surface area is 166 Å². The zero-order valence-corrected chi connectivity index (χ0v) is 19.1. The summed E-state index contributed by atoms with van der Waals surface area (Å²) in [6.07, 6.45) is 9.82. The van der Waals surface area contributed by atoms with Crippen molar-refractivity contribution < 1.29 is 37.1 Å². The molecule has 0 N–H and O–H groups in total. The first-order chi connectivity index (χ1) is 12.3. The SMILES string of the molecule is CCP(CC)CC.CCP(CC)CC.Fc1[c-]nc(F)c(F)c1F.[F][Ni]. The van der Waals surface area contributed by atoms with Crippen LogP contribution >= 0.6 is 15.8 Å². The molecule has 1 aromatic heterocycles. The van der Waals surface area contributed by atoms with Gasteiger partial charge in [0.15, 0.2) is 0 Å².